The predicted octanol–water partition coefficient (Wildman–Crippen LogP) is 2.87. The van der Waals surface area contributed by atoms with Gasteiger partial charge < -0.3 is 4.74 Å². The highest BCUT2D eigenvalue weighted by Gasteiger charge is 2.26. The summed E-state index contributed by atoms with van der Waals surface area (Å²) in [7, 11) is 0. The molecule has 1 aromatic rings. The molecule has 0 N–H and O–H groups in total. The zero-order chi connectivity index (χ0) is 10.3. The van der Waals surface area contributed by atoms with E-state index in [1.165, 1.54) is 11.1 Å². The predicted molar refractivity (Wildman–Crippen MR) is 61.5 cm³/mol. The minimum absolute atomic E-state index is 0.730. The normalized spacial score (nSPS) is 19.4. The van der Waals surface area contributed by atoms with Gasteiger partial charge >= 0.3 is 0 Å². The van der Waals surface area contributed by atoms with E-state index in [4.69, 9.17) is 4.74 Å². The monoisotopic (exact) mass is 197 g/mol. The molecule has 0 spiro atoms. The zero-order valence-electron chi connectivity index (χ0n) is 8.53. The third-order valence-electron chi connectivity index (χ3n) is 2.60. The average Bonchev–Trinajstić information content (AvgIpc) is 2.75. The molecule has 0 saturated carbocycles. The minimum atomic E-state index is 0.730. The van der Waals surface area contributed by atoms with Gasteiger partial charge in [0.15, 0.2) is 0 Å². The molecule has 0 bridgehead atoms. The summed E-state index contributed by atoms with van der Waals surface area (Å²) in [5, 5.41) is 0. The van der Waals surface area contributed by atoms with Crippen LogP contribution >= 0.6 is 0 Å². The van der Waals surface area contributed by atoms with E-state index in [1.54, 1.807) is 0 Å². The average molecular weight is 197 g/mol. The van der Waals surface area contributed by atoms with Crippen molar-refractivity contribution < 1.29 is 4.74 Å². The van der Waals surface area contributed by atoms with Crippen molar-refractivity contribution in [2.24, 2.45) is 4.99 Å². The van der Waals surface area contributed by atoms with E-state index in [1.807, 2.05) is 25.1 Å². The zero-order valence-corrected chi connectivity index (χ0v) is 8.53. The first-order valence-corrected chi connectivity index (χ1v) is 5.14. The number of benzene rings is 1. The van der Waals surface area contributed by atoms with Gasteiger partial charge in [0.2, 0.25) is 5.90 Å². The van der Waals surface area contributed by atoms with Crippen molar-refractivity contribution in [2.45, 2.75) is 6.92 Å². The van der Waals surface area contributed by atoms with Gasteiger partial charge in [-0.05, 0) is 24.1 Å². The van der Waals surface area contributed by atoms with E-state index in [0.29, 0.717) is 0 Å². The number of hydrogen-bond donors (Lipinski definition) is 0. The van der Waals surface area contributed by atoms with Crippen molar-refractivity contribution in [1.82, 2.24) is 0 Å². The Morgan fingerprint density at radius 3 is 2.93 bits per heavy atom. The van der Waals surface area contributed by atoms with Crippen LogP contribution in [0.15, 0.2) is 41.1 Å². The molecule has 2 nitrogen and oxygen atoms in total. The molecule has 0 fully saturated rings. The lowest BCUT2D eigenvalue weighted by molar-refractivity contribution is 0.458. The Kier molecular flexibility index (Phi) is 1.75. The SMILES string of the molecule is CCN=C1C=C2C(=Cc3ccccc32)O1. The van der Waals surface area contributed by atoms with Gasteiger partial charge in [0.05, 0.1) is 0 Å². The first kappa shape index (κ1) is 8.48. The fourth-order valence-electron chi connectivity index (χ4n) is 1.95. The van der Waals surface area contributed by atoms with Gasteiger partial charge in [-0.1, -0.05) is 24.3 Å². The highest BCUT2D eigenvalue weighted by molar-refractivity contribution is 6.09. The molecule has 15 heavy (non-hydrogen) atoms. The fraction of sp³-hybridized carbons (Fsp3) is 0.154. The number of aliphatic imine (C=N–C) groups is 1. The second-order valence-electron chi connectivity index (χ2n) is 3.57. The quantitative estimate of drug-likeness (QED) is 0.678. The summed E-state index contributed by atoms with van der Waals surface area (Å²) < 4.78 is 5.63. The van der Waals surface area contributed by atoms with Crippen LogP contribution in [0.25, 0.3) is 11.6 Å². The van der Waals surface area contributed by atoms with E-state index >= 15 is 0 Å². The number of fused-ring (bicyclic) bond motifs is 3. The fourth-order valence-corrected chi connectivity index (χ4v) is 1.95. The number of rotatable bonds is 1. The van der Waals surface area contributed by atoms with E-state index in [0.717, 1.165) is 23.8 Å². The Labute approximate surface area is 88.6 Å². The van der Waals surface area contributed by atoms with Crippen LogP contribution in [0.1, 0.15) is 18.1 Å². The van der Waals surface area contributed by atoms with E-state index in [9.17, 15) is 0 Å². The molecule has 0 atom stereocenters. The van der Waals surface area contributed by atoms with Gasteiger partial charge in [0, 0.05) is 18.2 Å². The molecule has 1 aromatic carbocycles. The maximum atomic E-state index is 5.63. The minimum Gasteiger partial charge on any atom is -0.439 e. The van der Waals surface area contributed by atoms with Crippen LogP contribution in [0.4, 0.5) is 0 Å². The molecule has 2 aliphatic rings. The summed E-state index contributed by atoms with van der Waals surface area (Å²) in [5.41, 5.74) is 3.64. The van der Waals surface area contributed by atoms with Crippen molar-refractivity contribution in [1.29, 1.82) is 0 Å². The number of allylic oxidation sites excluding steroid dienone is 1. The molecular formula is C13H11NO. The molecule has 0 amide bonds. The molecule has 2 heteroatoms. The molecule has 74 valence electrons. The molecule has 0 aromatic heterocycles. The maximum absolute atomic E-state index is 5.63. The second-order valence-corrected chi connectivity index (χ2v) is 3.57. The third-order valence-corrected chi connectivity index (χ3v) is 2.60. The number of hydrogen-bond acceptors (Lipinski definition) is 2. The Morgan fingerprint density at radius 2 is 2.07 bits per heavy atom. The van der Waals surface area contributed by atoms with E-state index in [2.05, 4.69) is 23.2 Å². The Morgan fingerprint density at radius 1 is 1.20 bits per heavy atom. The van der Waals surface area contributed by atoms with E-state index < -0.39 is 0 Å². The topological polar surface area (TPSA) is 21.6 Å². The molecule has 0 saturated heterocycles. The van der Waals surface area contributed by atoms with Crippen molar-refractivity contribution in [3.63, 3.8) is 0 Å². The van der Waals surface area contributed by atoms with Crippen LogP contribution in [-0.2, 0) is 4.74 Å². The summed E-state index contributed by atoms with van der Waals surface area (Å²) in [4.78, 5) is 4.26. The van der Waals surface area contributed by atoms with Gasteiger partial charge in [-0.3, -0.25) is 4.99 Å². The standard InChI is InChI=1S/C13H11NO/c1-2-14-13-8-11-10-6-4-3-5-9(10)7-12(11)15-13/h3-8H,2H2,1H3. The van der Waals surface area contributed by atoms with Gasteiger partial charge in [0.1, 0.15) is 5.76 Å². The summed E-state index contributed by atoms with van der Waals surface area (Å²) in [6.07, 6.45) is 4.08. The van der Waals surface area contributed by atoms with Crippen molar-refractivity contribution >= 4 is 17.5 Å². The smallest absolute Gasteiger partial charge is 0.215 e. The lowest BCUT2D eigenvalue weighted by atomic mass is 10.1. The van der Waals surface area contributed by atoms with Crippen LogP contribution in [0.3, 0.4) is 0 Å². The first-order chi connectivity index (χ1) is 7.38. The first-order valence-electron chi connectivity index (χ1n) is 5.14. The Balaban J connectivity index is 2.10. The third kappa shape index (κ3) is 1.22. The number of ether oxygens (including phenoxy) is 1. The molecule has 1 aliphatic carbocycles. The van der Waals surface area contributed by atoms with Crippen LogP contribution < -0.4 is 0 Å². The second kappa shape index (κ2) is 3.09. The molecule has 0 unspecified atom stereocenters. The van der Waals surface area contributed by atoms with Gasteiger partial charge in [-0.25, -0.2) is 0 Å². The van der Waals surface area contributed by atoms with Gasteiger partial charge in [0.25, 0.3) is 0 Å². The van der Waals surface area contributed by atoms with E-state index in [-0.39, 0.29) is 0 Å². The molecular weight excluding hydrogens is 186 g/mol. The van der Waals surface area contributed by atoms with Crippen LogP contribution in [0.5, 0.6) is 0 Å². The van der Waals surface area contributed by atoms with Crippen LogP contribution in [-0.4, -0.2) is 12.4 Å². The number of nitrogens with zero attached hydrogens (tertiary/aromatic N) is 1. The molecule has 0 radical (unpaired) electrons. The molecule has 1 heterocycles. The highest BCUT2D eigenvalue weighted by atomic mass is 16.5. The molecule has 3 rings (SSSR count). The van der Waals surface area contributed by atoms with Crippen LogP contribution in [0.2, 0.25) is 0 Å². The van der Waals surface area contributed by atoms with Crippen molar-refractivity contribution in [3.05, 3.63) is 47.2 Å². The highest BCUT2D eigenvalue weighted by Crippen LogP contribution is 2.39. The largest absolute Gasteiger partial charge is 0.439 e. The summed E-state index contributed by atoms with van der Waals surface area (Å²) in [6, 6.07) is 8.30. The summed E-state index contributed by atoms with van der Waals surface area (Å²) in [5.74, 6) is 1.66. The lowest BCUT2D eigenvalue weighted by Crippen LogP contribution is -1.93. The summed E-state index contributed by atoms with van der Waals surface area (Å²) in [6.45, 7) is 2.76. The summed E-state index contributed by atoms with van der Waals surface area (Å²) >= 11 is 0. The van der Waals surface area contributed by atoms with Crippen molar-refractivity contribution in [3.8, 4) is 0 Å². The lowest BCUT2D eigenvalue weighted by Gasteiger charge is -1.96. The van der Waals surface area contributed by atoms with Crippen LogP contribution in [0, 0.1) is 0 Å². The Hall–Kier alpha value is -1.83. The van der Waals surface area contributed by atoms with Crippen molar-refractivity contribution in [2.75, 3.05) is 6.54 Å². The Bertz CT molecular complexity index is 509. The van der Waals surface area contributed by atoms with Gasteiger partial charge in [-0.15, -0.1) is 0 Å². The maximum Gasteiger partial charge on any atom is 0.215 e. The molecule has 1 aliphatic heterocycles. The van der Waals surface area contributed by atoms with Gasteiger partial charge in [-0.2, -0.15) is 0 Å².